The molecule has 0 aliphatic carbocycles. The fraction of sp³-hybridized carbons (Fsp3) is 0.250. The summed E-state index contributed by atoms with van der Waals surface area (Å²) in [6, 6.07) is 2.63. The van der Waals surface area contributed by atoms with E-state index in [9.17, 15) is 13.2 Å². The van der Waals surface area contributed by atoms with Gasteiger partial charge in [0.25, 0.3) is 0 Å². The molecule has 14 heavy (non-hydrogen) atoms. The Balaban J connectivity index is 3.11. The van der Waals surface area contributed by atoms with Gasteiger partial charge in [0.2, 0.25) is 0 Å². The molecule has 0 fully saturated rings. The molecule has 1 aromatic rings. The second-order valence-electron chi connectivity index (χ2n) is 2.79. The number of aryl methyl sites for hydroxylation is 1. The minimum Gasteiger partial charge on any atom is -0.480 e. The first kappa shape index (κ1) is 10.6. The van der Waals surface area contributed by atoms with Crippen LogP contribution in [-0.4, -0.2) is 30.2 Å². The Hall–Kier alpha value is -1.43. The van der Waals surface area contributed by atoms with Crippen molar-refractivity contribution in [2.45, 2.75) is 11.8 Å². The normalized spacial score (nSPS) is 11.2. The first-order chi connectivity index (χ1) is 6.42. The summed E-state index contributed by atoms with van der Waals surface area (Å²) < 4.78 is 22.8. The molecular weight excluding hydrogens is 206 g/mol. The Morgan fingerprint density at radius 1 is 1.57 bits per heavy atom. The summed E-state index contributed by atoms with van der Waals surface area (Å²) in [6.45, 7) is 1.64. The number of nitrogens with zero attached hydrogens (tertiary/aromatic N) is 1. The van der Waals surface area contributed by atoms with E-state index in [1.54, 1.807) is 6.92 Å². The highest BCUT2D eigenvalue weighted by atomic mass is 32.2. The van der Waals surface area contributed by atoms with Crippen molar-refractivity contribution in [1.29, 1.82) is 0 Å². The lowest BCUT2D eigenvalue weighted by Gasteiger charge is -2.01. The van der Waals surface area contributed by atoms with E-state index in [2.05, 4.69) is 4.98 Å². The Morgan fingerprint density at radius 3 is 2.71 bits per heavy atom. The Labute approximate surface area is 81.3 Å². The summed E-state index contributed by atoms with van der Waals surface area (Å²) >= 11 is 0. The summed E-state index contributed by atoms with van der Waals surface area (Å²) in [6.07, 6.45) is 1.34. The molecule has 0 bridgehead atoms. The van der Waals surface area contributed by atoms with Crippen LogP contribution in [0.25, 0.3) is 0 Å². The number of hydrogen-bond acceptors (Lipinski definition) is 4. The molecule has 76 valence electrons. The van der Waals surface area contributed by atoms with E-state index in [1.807, 2.05) is 0 Å². The average molecular weight is 215 g/mol. The predicted molar refractivity (Wildman–Crippen MR) is 48.7 cm³/mol. The zero-order valence-corrected chi connectivity index (χ0v) is 8.28. The SMILES string of the molecule is Cc1cc(S(=O)(=O)CC(=O)O)ccn1. The van der Waals surface area contributed by atoms with Crippen LogP contribution >= 0.6 is 0 Å². The number of pyridine rings is 1. The highest BCUT2D eigenvalue weighted by Crippen LogP contribution is 2.10. The summed E-state index contributed by atoms with van der Waals surface area (Å²) in [5, 5.41) is 8.38. The van der Waals surface area contributed by atoms with E-state index in [1.165, 1.54) is 18.3 Å². The molecule has 0 saturated heterocycles. The highest BCUT2D eigenvalue weighted by Gasteiger charge is 2.18. The second kappa shape index (κ2) is 3.75. The fourth-order valence-corrected chi connectivity index (χ4v) is 2.07. The zero-order valence-electron chi connectivity index (χ0n) is 7.47. The van der Waals surface area contributed by atoms with Gasteiger partial charge >= 0.3 is 5.97 Å². The van der Waals surface area contributed by atoms with E-state index in [0.29, 0.717) is 5.69 Å². The van der Waals surface area contributed by atoms with Crippen LogP contribution < -0.4 is 0 Å². The van der Waals surface area contributed by atoms with Gasteiger partial charge in [0.05, 0.1) is 4.90 Å². The van der Waals surface area contributed by atoms with Gasteiger partial charge in [0.1, 0.15) is 0 Å². The summed E-state index contributed by atoms with van der Waals surface area (Å²) in [7, 11) is -3.72. The number of aromatic nitrogens is 1. The van der Waals surface area contributed by atoms with E-state index in [4.69, 9.17) is 5.11 Å². The van der Waals surface area contributed by atoms with E-state index < -0.39 is 21.6 Å². The van der Waals surface area contributed by atoms with Gasteiger partial charge in [-0.25, -0.2) is 8.42 Å². The van der Waals surface area contributed by atoms with Crippen molar-refractivity contribution in [3.8, 4) is 0 Å². The Bertz CT molecular complexity index is 452. The van der Waals surface area contributed by atoms with Crippen molar-refractivity contribution in [3.05, 3.63) is 24.0 Å². The molecule has 0 aliphatic rings. The first-order valence-corrected chi connectivity index (χ1v) is 5.44. The number of sulfone groups is 1. The molecule has 0 aliphatic heterocycles. The van der Waals surface area contributed by atoms with Gasteiger partial charge < -0.3 is 5.11 Å². The van der Waals surface area contributed by atoms with Crippen LogP contribution in [-0.2, 0) is 14.6 Å². The highest BCUT2D eigenvalue weighted by molar-refractivity contribution is 7.92. The Kier molecular flexibility index (Phi) is 2.85. The molecule has 0 radical (unpaired) electrons. The predicted octanol–water partition coefficient (Wildman–Crippen LogP) is 0.248. The van der Waals surface area contributed by atoms with Gasteiger partial charge in [-0.15, -0.1) is 0 Å². The smallest absolute Gasteiger partial charge is 0.319 e. The van der Waals surface area contributed by atoms with Crippen molar-refractivity contribution in [2.75, 3.05) is 5.75 Å². The lowest BCUT2D eigenvalue weighted by molar-refractivity contribution is -0.134. The Morgan fingerprint density at radius 2 is 2.21 bits per heavy atom. The number of carboxylic acid groups (broad SMARTS) is 1. The molecule has 6 heteroatoms. The molecule has 1 rings (SSSR count). The number of carboxylic acids is 1. The maximum atomic E-state index is 11.4. The van der Waals surface area contributed by atoms with E-state index in [0.717, 1.165) is 0 Å². The number of hydrogen-bond donors (Lipinski definition) is 1. The molecular formula is C8H9NO4S. The monoisotopic (exact) mass is 215 g/mol. The molecule has 1 N–H and O–H groups in total. The van der Waals surface area contributed by atoms with Crippen molar-refractivity contribution in [3.63, 3.8) is 0 Å². The zero-order chi connectivity index (χ0) is 10.8. The van der Waals surface area contributed by atoms with Crippen LogP contribution in [0.5, 0.6) is 0 Å². The van der Waals surface area contributed by atoms with Crippen LogP contribution in [0.1, 0.15) is 5.69 Å². The van der Waals surface area contributed by atoms with E-state index >= 15 is 0 Å². The fourth-order valence-electron chi connectivity index (χ4n) is 0.959. The molecule has 1 heterocycles. The number of carbonyl (C=O) groups is 1. The molecule has 0 atom stereocenters. The van der Waals surface area contributed by atoms with Crippen molar-refractivity contribution in [1.82, 2.24) is 4.98 Å². The summed E-state index contributed by atoms with van der Waals surface area (Å²) in [4.78, 5) is 14.1. The quantitative estimate of drug-likeness (QED) is 0.781. The molecule has 5 nitrogen and oxygen atoms in total. The minimum atomic E-state index is -3.72. The molecule has 0 spiro atoms. The van der Waals surface area contributed by atoms with Gasteiger partial charge in [-0.2, -0.15) is 0 Å². The maximum Gasteiger partial charge on any atom is 0.319 e. The third-order valence-corrected chi connectivity index (χ3v) is 3.14. The molecule has 0 amide bonds. The van der Waals surface area contributed by atoms with Gasteiger partial charge in [-0.3, -0.25) is 9.78 Å². The first-order valence-electron chi connectivity index (χ1n) is 3.79. The third-order valence-electron chi connectivity index (χ3n) is 1.54. The van der Waals surface area contributed by atoms with Crippen LogP contribution in [0.4, 0.5) is 0 Å². The third kappa shape index (κ3) is 2.53. The second-order valence-corrected chi connectivity index (χ2v) is 4.78. The van der Waals surface area contributed by atoms with Crippen LogP contribution in [0, 0.1) is 6.92 Å². The lowest BCUT2D eigenvalue weighted by Crippen LogP contribution is -2.15. The molecule has 0 saturated carbocycles. The van der Waals surface area contributed by atoms with Crippen LogP contribution in [0.15, 0.2) is 23.2 Å². The van der Waals surface area contributed by atoms with Crippen molar-refractivity contribution < 1.29 is 18.3 Å². The van der Waals surface area contributed by atoms with Gasteiger partial charge in [0, 0.05) is 11.9 Å². The van der Waals surface area contributed by atoms with Gasteiger partial charge in [0.15, 0.2) is 15.6 Å². The minimum absolute atomic E-state index is 0.00704. The molecule has 0 unspecified atom stereocenters. The average Bonchev–Trinajstić information content (AvgIpc) is 2.01. The van der Waals surface area contributed by atoms with Crippen LogP contribution in [0.3, 0.4) is 0 Å². The maximum absolute atomic E-state index is 11.4. The summed E-state index contributed by atoms with van der Waals surface area (Å²) in [5.74, 6) is -2.25. The van der Waals surface area contributed by atoms with Crippen LogP contribution in [0.2, 0.25) is 0 Å². The standard InChI is InChI=1S/C8H9NO4S/c1-6-4-7(2-3-9-6)14(12,13)5-8(10)11/h2-4H,5H2,1H3,(H,10,11). The molecule has 0 aromatic carbocycles. The van der Waals surface area contributed by atoms with Gasteiger partial charge in [-0.1, -0.05) is 0 Å². The van der Waals surface area contributed by atoms with E-state index in [-0.39, 0.29) is 4.90 Å². The number of aliphatic carboxylic acids is 1. The molecule has 1 aromatic heterocycles. The topological polar surface area (TPSA) is 84.3 Å². The van der Waals surface area contributed by atoms with Crippen molar-refractivity contribution >= 4 is 15.8 Å². The van der Waals surface area contributed by atoms with Gasteiger partial charge in [-0.05, 0) is 19.1 Å². The number of rotatable bonds is 3. The van der Waals surface area contributed by atoms with Crippen molar-refractivity contribution in [2.24, 2.45) is 0 Å². The summed E-state index contributed by atoms with van der Waals surface area (Å²) in [5.41, 5.74) is 0.538. The largest absolute Gasteiger partial charge is 0.480 e. The lowest BCUT2D eigenvalue weighted by atomic mass is 10.4.